The molecular weight excluding hydrogens is 244 g/mol. The van der Waals surface area contributed by atoms with Gasteiger partial charge in [-0.25, -0.2) is 0 Å². The van der Waals surface area contributed by atoms with Gasteiger partial charge in [0.05, 0.1) is 20.3 Å². The third-order valence-electron chi connectivity index (χ3n) is 3.19. The first-order valence-electron chi connectivity index (χ1n) is 6.63. The van der Waals surface area contributed by atoms with Gasteiger partial charge in [0.25, 0.3) is 0 Å². The zero-order valence-electron chi connectivity index (χ0n) is 11.4. The predicted molar refractivity (Wildman–Crippen MR) is 73.6 cm³/mol. The number of morpholine rings is 1. The fraction of sp³-hybridized carbons (Fsp3) is 0.571. The molecule has 1 aliphatic heterocycles. The molecule has 106 valence electrons. The van der Waals surface area contributed by atoms with E-state index in [1.165, 1.54) is 0 Å². The van der Waals surface area contributed by atoms with Crippen LogP contribution in [0.15, 0.2) is 18.2 Å². The predicted octanol–water partition coefficient (Wildman–Crippen LogP) is 0.865. The molecule has 0 radical (unpaired) electrons. The number of methoxy groups -OCH3 is 1. The summed E-state index contributed by atoms with van der Waals surface area (Å²) in [5.41, 5.74) is 6.67. The number of benzene rings is 1. The Hall–Kier alpha value is -1.30. The van der Waals surface area contributed by atoms with Crippen LogP contribution in [0.5, 0.6) is 11.5 Å². The van der Waals surface area contributed by atoms with Crippen molar-refractivity contribution in [2.45, 2.75) is 6.54 Å². The molecule has 0 spiro atoms. The van der Waals surface area contributed by atoms with Gasteiger partial charge in [0, 0.05) is 32.2 Å². The zero-order chi connectivity index (χ0) is 13.5. The molecule has 0 aliphatic carbocycles. The third-order valence-corrected chi connectivity index (χ3v) is 3.19. The van der Waals surface area contributed by atoms with Crippen molar-refractivity contribution in [3.63, 3.8) is 0 Å². The number of hydrogen-bond acceptors (Lipinski definition) is 5. The molecule has 0 amide bonds. The molecule has 0 saturated carbocycles. The summed E-state index contributed by atoms with van der Waals surface area (Å²) in [6.07, 6.45) is 0. The highest BCUT2D eigenvalue weighted by Gasteiger charge is 2.10. The lowest BCUT2D eigenvalue weighted by Gasteiger charge is -2.26. The molecule has 1 fully saturated rings. The van der Waals surface area contributed by atoms with E-state index in [9.17, 15) is 0 Å². The van der Waals surface area contributed by atoms with E-state index in [0.29, 0.717) is 13.2 Å². The molecule has 1 aromatic carbocycles. The Morgan fingerprint density at radius 3 is 2.63 bits per heavy atom. The van der Waals surface area contributed by atoms with Gasteiger partial charge >= 0.3 is 0 Å². The van der Waals surface area contributed by atoms with Crippen LogP contribution in [0, 0.1) is 0 Å². The Labute approximate surface area is 114 Å². The number of nitrogens with two attached hydrogens (primary N) is 1. The fourth-order valence-electron chi connectivity index (χ4n) is 2.07. The Morgan fingerprint density at radius 2 is 1.95 bits per heavy atom. The molecule has 1 saturated heterocycles. The summed E-state index contributed by atoms with van der Waals surface area (Å²) in [5, 5.41) is 0. The van der Waals surface area contributed by atoms with E-state index in [2.05, 4.69) is 4.90 Å². The molecule has 1 aliphatic rings. The van der Waals surface area contributed by atoms with E-state index in [1.54, 1.807) is 7.11 Å². The van der Waals surface area contributed by atoms with Crippen molar-refractivity contribution in [2.75, 3.05) is 46.6 Å². The van der Waals surface area contributed by atoms with E-state index in [0.717, 1.165) is 49.9 Å². The Bertz CT molecular complexity index is 370. The molecule has 5 heteroatoms. The smallest absolute Gasteiger partial charge is 0.123 e. The molecule has 0 bridgehead atoms. The minimum atomic E-state index is 0.483. The molecule has 2 N–H and O–H groups in total. The van der Waals surface area contributed by atoms with Crippen LogP contribution in [0.25, 0.3) is 0 Å². The first-order chi connectivity index (χ1) is 9.31. The third kappa shape index (κ3) is 4.38. The molecule has 0 unspecified atom stereocenters. The normalized spacial score (nSPS) is 16.3. The van der Waals surface area contributed by atoms with Crippen molar-refractivity contribution in [1.82, 2.24) is 4.90 Å². The van der Waals surface area contributed by atoms with Crippen LogP contribution in [-0.4, -0.2) is 51.5 Å². The highest BCUT2D eigenvalue weighted by Crippen LogP contribution is 2.22. The van der Waals surface area contributed by atoms with Crippen molar-refractivity contribution < 1.29 is 14.2 Å². The van der Waals surface area contributed by atoms with Gasteiger partial charge in [-0.2, -0.15) is 0 Å². The van der Waals surface area contributed by atoms with Crippen molar-refractivity contribution in [2.24, 2.45) is 5.73 Å². The van der Waals surface area contributed by atoms with E-state index >= 15 is 0 Å². The topological polar surface area (TPSA) is 57.0 Å². The summed E-state index contributed by atoms with van der Waals surface area (Å²) in [6, 6.07) is 5.77. The van der Waals surface area contributed by atoms with Crippen molar-refractivity contribution in [3.05, 3.63) is 23.8 Å². The van der Waals surface area contributed by atoms with Gasteiger partial charge in [-0.05, 0) is 17.7 Å². The molecule has 5 nitrogen and oxygen atoms in total. The van der Waals surface area contributed by atoms with Gasteiger partial charge in [0.2, 0.25) is 0 Å². The summed E-state index contributed by atoms with van der Waals surface area (Å²) in [7, 11) is 1.65. The van der Waals surface area contributed by atoms with E-state index in [-0.39, 0.29) is 0 Å². The standard InChI is InChI=1S/C14H22N2O3/c1-17-13-8-12(11-15)9-14(10-13)19-7-4-16-2-5-18-6-3-16/h8-10H,2-7,11,15H2,1H3. The number of rotatable bonds is 6. The Kier molecular flexibility index (Phi) is 5.44. The maximum Gasteiger partial charge on any atom is 0.123 e. The number of nitrogens with zero attached hydrogens (tertiary/aromatic N) is 1. The second kappa shape index (κ2) is 7.33. The van der Waals surface area contributed by atoms with E-state index in [4.69, 9.17) is 19.9 Å². The summed E-state index contributed by atoms with van der Waals surface area (Å²) in [4.78, 5) is 2.34. The van der Waals surface area contributed by atoms with Crippen molar-refractivity contribution in [1.29, 1.82) is 0 Å². The maximum absolute atomic E-state index is 5.78. The number of ether oxygens (including phenoxy) is 3. The molecule has 0 atom stereocenters. The highest BCUT2D eigenvalue weighted by atomic mass is 16.5. The molecule has 2 rings (SSSR count). The van der Waals surface area contributed by atoms with Gasteiger partial charge < -0.3 is 19.9 Å². The summed E-state index contributed by atoms with van der Waals surface area (Å²) >= 11 is 0. The quantitative estimate of drug-likeness (QED) is 0.828. The largest absolute Gasteiger partial charge is 0.497 e. The Balaban J connectivity index is 1.84. The Morgan fingerprint density at radius 1 is 1.21 bits per heavy atom. The summed E-state index contributed by atoms with van der Waals surface area (Å²) in [5.74, 6) is 1.59. The van der Waals surface area contributed by atoms with Crippen molar-refractivity contribution in [3.8, 4) is 11.5 Å². The van der Waals surface area contributed by atoms with E-state index < -0.39 is 0 Å². The zero-order valence-corrected chi connectivity index (χ0v) is 11.4. The highest BCUT2D eigenvalue weighted by molar-refractivity contribution is 5.38. The minimum Gasteiger partial charge on any atom is -0.497 e. The van der Waals surface area contributed by atoms with Gasteiger partial charge in [-0.15, -0.1) is 0 Å². The fourth-order valence-corrected chi connectivity index (χ4v) is 2.07. The summed E-state index contributed by atoms with van der Waals surface area (Å²) in [6.45, 7) is 5.66. The van der Waals surface area contributed by atoms with E-state index in [1.807, 2.05) is 18.2 Å². The minimum absolute atomic E-state index is 0.483. The summed E-state index contributed by atoms with van der Waals surface area (Å²) < 4.78 is 16.3. The first-order valence-corrected chi connectivity index (χ1v) is 6.63. The van der Waals surface area contributed by atoms with Crippen LogP contribution in [0.1, 0.15) is 5.56 Å². The average molecular weight is 266 g/mol. The van der Waals surface area contributed by atoms with Gasteiger partial charge in [0.15, 0.2) is 0 Å². The lowest BCUT2D eigenvalue weighted by molar-refractivity contribution is 0.0322. The maximum atomic E-state index is 5.78. The lowest BCUT2D eigenvalue weighted by Crippen LogP contribution is -2.38. The van der Waals surface area contributed by atoms with Crippen LogP contribution < -0.4 is 15.2 Å². The second-order valence-corrected chi connectivity index (χ2v) is 4.52. The van der Waals surface area contributed by atoms with Crippen LogP contribution in [0.2, 0.25) is 0 Å². The van der Waals surface area contributed by atoms with Crippen LogP contribution >= 0.6 is 0 Å². The molecule has 1 heterocycles. The molecule has 19 heavy (non-hydrogen) atoms. The van der Waals surface area contributed by atoms with Crippen LogP contribution in [-0.2, 0) is 11.3 Å². The molecule has 1 aromatic rings. The molecule has 0 aromatic heterocycles. The van der Waals surface area contributed by atoms with Crippen molar-refractivity contribution >= 4 is 0 Å². The van der Waals surface area contributed by atoms with Gasteiger partial charge in [-0.3, -0.25) is 4.90 Å². The first kappa shape index (κ1) is 14.1. The van der Waals surface area contributed by atoms with Crippen LogP contribution in [0.4, 0.5) is 0 Å². The lowest BCUT2D eigenvalue weighted by atomic mass is 10.2. The number of hydrogen-bond donors (Lipinski definition) is 1. The second-order valence-electron chi connectivity index (χ2n) is 4.52. The monoisotopic (exact) mass is 266 g/mol. The SMILES string of the molecule is COc1cc(CN)cc(OCCN2CCOCC2)c1. The molecular formula is C14H22N2O3. The van der Waals surface area contributed by atoms with Crippen LogP contribution in [0.3, 0.4) is 0 Å². The average Bonchev–Trinajstić information content (AvgIpc) is 2.48. The van der Waals surface area contributed by atoms with Gasteiger partial charge in [-0.1, -0.05) is 0 Å². The van der Waals surface area contributed by atoms with Gasteiger partial charge in [0.1, 0.15) is 18.1 Å².